The molecule has 1 unspecified atom stereocenters. The van der Waals surface area contributed by atoms with Crippen LogP contribution in [0.1, 0.15) is 112 Å². The molecule has 0 saturated heterocycles. The second-order valence-electron chi connectivity index (χ2n) is 13.1. The van der Waals surface area contributed by atoms with Gasteiger partial charge in [0, 0.05) is 6.42 Å². The summed E-state index contributed by atoms with van der Waals surface area (Å²) in [6.45, 7) is 14.1. The van der Waals surface area contributed by atoms with Crippen LogP contribution in [0.5, 0.6) is 0 Å². The van der Waals surface area contributed by atoms with E-state index in [1.807, 2.05) is 13.8 Å². The van der Waals surface area contributed by atoms with Crippen LogP contribution in [0.2, 0.25) is 0 Å². The van der Waals surface area contributed by atoms with E-state index < -0.39 is 11.2 Å². The molecule has 0 aliphatic heterocycles. The summed E-state index contributed by atoms with van der Waals surface area (Å²) in [4.78, 5) is 0. The van der Waals surface area contributed by atoms with E-state index in [2.05, 4.69) is 37.5 Å². The van der Waals surface area contributed by atoms with Gasteiger partial charge in [-0.3, -0.25) is 0 Å². The number of hydrogen-bond acceptors (Lipinski definition) is 3. The molecule has 0 aromatic rings. The van der Waals surface area contributed by atoms with Gasteiger partial charge in [0.2, 0.25) is 0 Å². The number of fused-ring (bicyclic) bond motifs is 1. The Morgan fingerprint density at radius 1 is 1.11 bits per heavy atom. The number of hydrogen-bond donors (Lipinski definition) is 3. The molecule has 0 aromatic carbocycles. The van der Waals surface area contributed by atoms with Gasteiger partial charge in [-0.1, -0.05) is 55.1 Å². The molecule has 0 heterocycles. The third kappa shape index (κ3) is 7.82. The maximum atomic E-state index is 10.3. The van der Waals surface area contributed by atoms with E-state index in [4.69, 9.17) is 0 Å². The molecule has 35 heavy (non-hydrogen) atoms. The molecule has 3 aliphatic rings. The Bertz CT molecular complexity index is 869. The summed E-state index contributed by atoms with van der Waals surface area (Å²) in [7, 11) is 0. The van der Waals surface area contributed by atoms with Crippen LogP contribution in [0.4, 0.5) is 0 Å². The van der Waals surface area contributed by atoms with Crippen molar-refractivity contribution in [2.45, 2.75) is 129 Å². The van der Waals surface area contributed by atoms with Gasteiger partial charge in [-0.05, 0) is 121 Å². The summed E-state index contributed by atoms with van der Waals surface area (Å²) in [5, 5.41) is 30.5. The topological polar surface area (TPSA) is 60.7 Å². The van der Waals surface area contributed by atoms with E-state index in [0.29, 0.717) is 17.8 Å². The van der Waals surface area contributed by atoms with E-state index in [0.717, 1.165) is 44.9 Å². The second kappa shape index (κ2) is 11.4. The monoisotopic (exact) mass is 482 g/mol. The van der Waals surface area contributed by atoms with Crippen molar-refractivity contribution in [2.75, 3.05) is 0 Å². The molecule has 0 bridgehead atoms. The molecule has 3 aliphatic carbocycles. The van der Waals surface area contributed by atoms with E-state index in [1.165, 1.54) is 43.3 Å². The fraction of sp³-hybridized carbons (Fsp3) is 0.750. The first-order chi connectivity index (χ1) is 16.3. The van der Waals surface area contributed by atoms with Gasteiger partial charge in [0.1, 0.15) is 5.60 Å². The first kappa shape index (κ1) is 28.2. The van der Waals surface area contributed by atoms with Crippen molar-refractivity contribution in [3.63, 3.8) is 0 Å². The largest absolute Gasteiger partial charge is 0.393 e. The van der Waals surface area contributed by atoms with Crippen molar-refractivity contribution < 1.29 is 15.3 Å². The second-order valence-corrected chi connectivity index (χ2v) is 13.1. The molecule has 0 radical (unpaired) electrons. The predicted octanol–water partition coefficient (Wildman–Crippen LogP) is 6.88. The highest BCUT2D eigenvalue weighted by molar-refractivity contribution is 5.36. The lowest BCUT2D eigenvalue weighted by Gasteiger charge is -2.45. The van der Waals surface area contributed by atoms with Crippen LogP contribution >= 0.6 is 0 Å². The smallest absolute Gasteiger partial charge is 0.119 e. The van der Waals surface area contributed by atoms with E-state index >= 15 is 0 Å². The number of allylic oxidation sites excluding steroid dienone is 4. The first-order valence-corrected chi connectivity index (χ1v) is 14.0. The third-order valence-corrected chi connectivity index (χ3v) is 8.92. The fourth-order valence-electron chi connectivity index (χ4n) is 7.09. The highest BCUT2D eigenvalue weighted by atomic mass is 16.3. The molecule has 3 N–H and O–H groups in total. The molecule has 0 spiro atoms. The van der Waals surface area contributed by atoms with Crippen LogP contribution in [-0.4, -0.2) is 32.6 Å². The average Bonchev–Trinajstić information content (AvgIpc) is 3.09. The zero-order valence-electron chi connectivity index (χ0n) is 23.0. The SMILES string of the molecule is C=C1CC[C@H](O)C/C1=C/C=C1\CCC[C@]2(C)C([C@@H](CC#CC(C)(C)O)CCCC(C)(C)O)CC[C@@H]12. The lowest BCUT2D eigenvalue weighted by Crippen LogP contribution is -2.36. The Labute approximate surface area is 214 Å². The Balaban J connectivity index is 1.79. The van der Waals surface area contributed by atoms with E-state index in [1.54, 1.807) is 19.4 Å². The van der Waals surface area contributed by atoms with Crippen molar-refractivity contribution in [3.05, 3.63) is 35.5 Å². The Morgan fingerprint density at radius 2 is 1.86 bits per heavy atom. The van der Waals surface area contributed by atoms with Gasteiger partial charge in [0.15, 0.2) is 0 Å². The third-order valence-electron chi connectivity index (χ3n) is 8.92. The van der Waals surface area contributed by atoms with Crippen LogP contribution < -0.4 is 0 Å². The van der Waals surface area contributed by atoms with Gasteiger partial charge in [-0.15, -0.1) is 0 Å². The fourth-order valence-corrected chi connectivity index (χ4v) is 7.09. The van der Waals surface area contributed by atoms with Crippen LogP contribution in [0.25, 0.3) is 0 Å². The van der Waals surface area contributed by atoms with Crippen molar-refractivity contribution in [1.82, 2.24) is 0 Å². The van der Waals surface area contributed by atoms with E-state index in [9.17, 15) is 15.3 Å². The first-order valence-electron chi connectivity index (χ1n) is 14.0. The molecule has 0 aromatic heterocycles. The molecular weight excluding hydrogens is 432 g/mol. The van der Waals surface area contributed by atoms with Gasteiger partial charge in [-0.25, -0.2) is 0 Å². The molecule has 196 valence electrons. The maximum Gasteiger partial charge on any atom is 0.119 e. The average molecular weight is 483 g/mol. The lowest BCUT2D eigenvalue weighted by atomic mass is 9.60. The molecule has 0 amide bonds. The Morgan fingerprint density at radius 3 is 2.54 bits per heavy atom. The Kier molecular flexibility index (Phi) is 9.17. The summed E-state index contributed by atoms with van der Waals surface area (Å²) in [6.07, 6.45) is 16.7. The van der Waals surface area contributed by atoms with Gasteiger partial charge >= 0.3 is 0 Å². The minimum atomic E-state index is -0.954. The molecule has 3 saturated carbocycles. The van der Waals surface area contributed by atoms with Crippen LogP contribution in [0.15, 0.2) is 35.5 Å². The van der Waals surface area contributed by atoms with Crippen LogP contribution in [-0.2, 0) is 0 Å². The molecule has 3 nitrogen and oxygen atoms in total. The normalized spacial score (nSPS) is 32.9. The molecule has 3 fully saturated rings. The number of aliphatic hydroxyl groups excluding tert-OH is 1. The van der Waals surface area contributed by atoms with Crippen LogP contribution in [0, 0.1) is 35.0 Å². The highest BCUT2D eigenvalue weighted by Gasteiger charge is 2.51. The van der Waals surface area contributed by atoms with Crippen molar-refractivity contribution >= 4 is 0 Å². The molecule has 3 heteroatoms. The van der Waals surface area contributed by atoms with Gasteiger partial charge < -0.3 is 15.3 Å². The summed E-state index contributed by atoms with van der Waals surface area (Å²) in [5.74, 6) is 8.10. The lowest BCUT2D eigenvalue weighted by molar-refractivity contribution is 0.0580. The van der Waals surface area contributed by atoms with Crippen molar-refractivity contribution in [3.8, 4) is 11.8 Å². The van der Waals surface area contributed by atoms with E-state index in [-0.39, 0.29) is 11.5 Å². The zero-order valence-corrected chi connectivity index (χ0v) is 23.0. The summed E-state index contributed by atoms with van der Waals surface area (Å²) in [5.41, 5.74) is 2.69. The molecular formula is C32H50O3. The summed E-state index contributed by atoms with van der Waals surface area (Å²) >= 11 is 0. The summed E-state index contributed by atoms with van der Waals surface area (Å²) in [6, 6.07) is 0. The summed E-state index contributed by atoms with van der Waals surface area (Å²) < 4.78 is 0. The maximum absolute atomic E-state index is 10.3. The van der Waals surface area contributed by atoms with Gasteiger partial charge in [0.25, 0.3) is 0 Å². The van der Waals surface area contributed by atoms with Crippen molar-refractivity contribution in [1.29, 1.82) is 0 Å². The van der Waals surface area contributed by atoms with Crippen molar-refractivity contribution in [2.24, 2.45) is 23.2 Å². The predicted molar refractivity (Wildman–Crippen MR) is 146 cm³/mol. The quantitative estimate of drug-likeness (QED) is 0.347. The van der Waals surface area contributed by atoms with Gasteiger partial charge in [-0.2, -0.15) is 0 Å². The standard InChI is InChI=1S/C32H50O3/c1-23-13-16-27(33)22-26(23)15-14-25-12-9-21-32(6)28(17-18-29(25)32)24(10-7-19-30(2,3)34)11-8-20-31(4,5)35/h14-15,24,27-29,33-35H,1,7,9-13,16-19,21-22H2,2-6H3/b25-14+,26-15-/t24-,27+,28?,29+,32-/m1/s1. The highest BCUT2D eigenvalue weighted by Crippen LogP contribution is 2.60. The van der Waals surface area contributed by atoms with Gasteiger partial charge in [0.05, 0.1) is 11.7 Å². The zero-order chi connectivity index (χ0) is 25.9. The minimum Gasteiger partial charge on any atom is -0.393 e. The Hall–Kier alpha value is -1.34. The van der Waals surface area contributed by atoms with Crippen LogP contribution in [0.3, 0.4) is 0 Å². The number of aliphatic hydroxyl groups is 3. The molecule has 3 rings (SSSR count). The number of rotatable bonds is 7. The molecule has 5 atom stereocenters. The minimum absolute atomic E-state index is 0.229.